The normalized spacial score (nSPS) is 13.2. The molecule has 0 aromatic heterocycles. The van der Waals surface area contributed by atoms with Crippen LogP contribution >= 0.6 is 0 Å². The van der Waals surface area contributed by atoms with Gasteiger partial charge in [-0.3, -0.25) is 9.59 Å². The Morgan fingerprint density at radius 1 is 0.895 bits per heavy atom. The maximum atomic E-state index is 11.7. The van der Waals surface area contributed by atoms with E-state index in [-0.39, 0.29) is 0 Å². The molecule has 0 fully saturated rings. The SMILES string of the molecule is CC(C)(S(=O)(=O)NCC(=O)O)S(=O)(=O)NCC(=O)O. The molecule has 0 rings (SSSR count). The van der Waals surface area contributed by atoms with Crippen molar-refractivity contribution in [2.24, 2.45) is 0 Å². The minimum Gasteiger partial charge on any atom is -0.480 e. The molecule has 0 aromatic rings. The first-order valence-electron chi connectivity index (χ1n) is 4.75. The molecular weight excluding hydrogens is 304 g/mol. The lowest BCUT2D eigenvalue weighted by Crippen LogP contribution is -2.53. The number of nitrogens with one attached hydrogen (secondary N) is 2. The zero-order valence-corrected chi connectivity index (χ0v) is 11.7. The van der Waals surface area contributed by atoms with Crippen molar-refractivity contribution in [2.75, 3.05) is 13.1 Å². The summed E-state index contributed by atoms with van der Waals surface area (Å²) in [7, 11) is -9.07. The molecular formula is C7H14N2O8S2. The molecule has 12 heteroatoms. The second kappa shape index (κ2) is 5.81. The smallest absolute Gasteiger partial charge is 0.318 e. The van der Waals surface area contributed by atoms with E-state index in [9.17, 15) is 26.4 Å². The van der Waals surface area contributed by atoms with Crippen LogP contribution in [-0.4, -0.2) is 56.2 Å². The first-order valence-corrected chi connectivity index (χ1v) is 7.72. The zero-order valence-electron chi connectivity index (χ0n) is 10.1. The summed E-state index contributed by atoms with van der Waals surface area (Å²) in [6.07, 6.45) is 0. The van der Waals surface area contributed by atoms with Crippen molar-refractivity contribution in [1.82, 2.24) is 9.44 Å². The molecule has 0 spiro atoms. The molecule has 19 heavy (non-hydrogen) atoms. The van der Waals surface area contributed by atoms with E-state index in [0.29, 0.717) is 0 Å². The molecule has 4 N–H and O–H groups in total. The lowest BCUT2D eigenvalue weighted by Gasteiger charge is -2.24. The third-order valence-corrected chi connectivity index (χ3v) is 7.08. The second-order valence-electron chi connectivity index (χ2n) is 3.84. The highest BCUT2D eigenvalue weighted by Gasteiger charge is 2.47. The van der Waals surface area contributed by atoms with Crippen LogP contribution in [0.5, 0.6) is 0 Å². The fraction of sp³-hybridized carbons (Fsp3) is 0.714. The van der Waals surface area contributed by atoms with E-state index in [4.69, 9.17) is 10.2 Å². The van der Waals surface area contributed by atoms with Crippen LogP contribution in [0.15, 0.2) is 0 Å². The second-order valence-corrected chi connectivity index (χ2v) is 8.73. The summed E-state index contributed by atoms with van der Waals surface area (Å²) in [5.74, 6) is -2.98. The predicted octanol–water partition coefficient (Wildman–Crippen LogP) is -2.27. The van der Waals surface area contributed by atoms with Crippen LogP contribution in [0.1, 0.15) is 13.8 Å². The minimum absolute atomic E-state index is 0.807. The third kappa shape index (κ3) is 4.41. The summed E-state index contributed by atoms with van der Waals surface area (Å²) in [6.45, 7) is -0.358. The van der Waals surface area contributed by atoms with Gasteiger partial charge in [-0.05, 0) is 13.8 Å². The Morgan fingerprint density at radius 3 is 1.37 bits per heavy atom. The molecule has 112 valence electrons. The number of carboxylic acid groups (broad SMARTS) is 2. The van der Waals surface area contributed by atoms with E-state index in [0.717, 1.165) is 13.8 Å². The summed E-state index contributed by atoms with van der Waals surface area (Å²) < 4.78 is 47.6. The minimum atomic E-state index is -4.53. The fourth-order valence-corrected chi connectivity index (χ4v) is 3.64. The van der Waals surface area contributed by atoms with E-state index >= 15 is 0 Å². The third-order valence-electron chi connectivity index (χ3n) is 2.12. The summed E-state index contributed by atoms with van der Waals surface area (Å²) in [6, 6.07) is 0. The van der Waals surface area contributed by atoms with Crippen LogP contribution in [0.25, 0.3) is 0 Å². The molecule has 0 aliphatic rings. The molecule has 0 saturated heterocycles. The standard InChI is InChI=1S/C7H14N2O8S2/c1-7(2,18(14,15)8-3-5(10)11)19(16,17)9-4-6(12)13/h8-9H,3-4H2,1-2H3,(H,10,11)(H,12,13). The summed E-state index contributed by atoms with van der Waals surface area (Å²) in [5.41, 5.74) is 0. The van der Waals surface area contributed by atoms with Gasteiger partial charge in [0, 0.05) is 0 Å². The Balaban J connectivity index is 5.23. The molecule has 0 saturated carbocycles. The maximum Gasteiger partial charge on any atom is 0.318 e. The fourth-order valence-electron chi connectivity index (χ4n) is 0.806. The van der Waals surface area contributed by atoms with Gasteiger partial charge in [-0.25, -0.2) is 26.3 Å². The van der Waals surface area contributed by atoms with E-state index in [1.54, 1.807) is 9.44 Å². The van der Waals surface area contributed by atoms with Crippen molar-refractivity contribution in [2.45, 2.75) is 17.9 Å². The van der Waals surface area contributed by atoms with Gasteiger partial charge in [0.1, 0.15) is 13.1 Å². The van der Waals surface area contributed by atoms with Crippen molar-refractivity contribution in [3.05, 3.63) is 0 Å². The number of sulfonamides is 2. The van der Waals surface area contributed by atoms with Gasteiger partial charge in [0.2, 0.25) is 20.0 Å². The zero-order chi connectivity index (χ0) is 15.5. The predicted molar refractivity (Wildman–Crippen MR) is 63.2 cm³/mol. The van der Waals surface area contributed by atoms with Crippen molar-refractivity contribution in [1.29, 1.82) is 0 Å². The quantitative estimate of drug-likeness (QED) is 0.388. The number of aliphatic carboxylic acids is 2. The number of hydrogen-bond acceptors (Lipinski definition) is 6. The number of carboxylic acids is 2. The Kier molecular flexibility index (Phi) is 5.43. The molecule has 0 aromatic carbocycles. The molecule has 0 amide bonds. The van der Waals surface area contributed by atoms with Crippen molar-refractivity contribution in [3.8, 4) is 0 Å². The van der Waals surface area contributed by atoms with Crippen LogP contribution in [-0.2, 0) is 29.6 Å². The van der Waals surface area contributed by atoms with Gasteiger partial charge in [0.05, 0.1) is 0 Å². The van der Waals surface area contributed by atoms with Crippen molar-refractivity contribution < 1.29 is 36.6 Å². The lowest BCUT2D eigenvalue weighted by atomic mass is 10.5. The number of carbonyl (C=O) groups is 2. The molecule has 0 atom stereocenters. The van der Waals surface area contributed by atoms with E-state index < -0.39 is 49.2 Å². The Bertz CT molecular complexity index is 512. The summed E-state index contributed by atoms with van der Waals surface area (Å²) in [5, 5.41) is 16.7. The van der Waals surface area contributed by atoms with Gasteiger partial charge in [-0.15, -0.1) is 0 Å². The van der Waals surface area contributed by atoms with Crippen LogP contribution in [0.4, 0.5) is 0 Å². The molecule has 0 unspecified atom stereocenters. The average Bonchev–Trinajstić information content (AvgIpc) is 2.23. The van der Waals surface area contributed by atoms with Gasteiger partial charge in [0.25, 0.3) is 0 Å². The maximum absolute atomic E-state index is 11.7. The topological polar surface area (TPSA) is 167 Å². The number of hydrogen-bond donors (Lipinski definition) is 4. The molecule has 0 heterocycles. The van der Waals surface area contributed by atoms with Crippen LogP contribution in [0.3, 0.4) is 0 Å². The Hall–Kier alpha value is -1.24. The van der Waals surface area contributed by atoms with Crippen molar-refractivity contribution >= 4 is 32.0 Å². The van der Waals surface area contributed by atoms with E-state index in [1.807, 2.05) is 0 Å². The molecule has 0 aliphatic heterocycles. The average molecular weight is 318 g/mol. The van der Waals surface area contributed by atoms with Gasteiger partial charge in [-0.1, -0.05) is 0 Å². The van der Waals surface area contributed by atoms with Gasteiger partial charge in [-0.2, -0.15) is 0 Å². The number of rotatable bonds is 8. The van der Waals surface area contributed by atoms with E-state index in [2.05, 4.69) is 0 Å². The highest BCUT2D eigenvalue weighted by atomic mass is 32.3. The largest absolute Gasteiger partial charge is 0.480 e. The summed E-state index contributed by atoms with van der Waals surface area (Å²) >= 11 is 0. The van der Waals surface area contributed by atoms with Gasteiger partial charge >= 0.3 is 11.9 Å². The van der Waals surface area contributed by atoms with Gasteiger partial charge in [0.15, 0.2) is 4.08 Å². The van der Waals surface area contributed by atoms with Crippen LogP contribution < -0.4 is 9.44 Å². The van der Waals surface area contributed by atoms with Crippen LogP contribution in [0, 0.1) is 0 Å². The van der Waals surface area contributed by atoms with Crippen molar-refractivity contribution in [3.63, 3.8) is 0 Å². The van der Waals surface area contributed by atoms with Gasteiger partial charge < -0.3 is 10.2 Å². The monoisotopic (exact) mass is 318 g/mol. The highest BCUT2D eigenvalue weighted by Crippen LogP contribution is 2.21. The summed E-state index contributed by atoms with van der Waals surface area (Å²) in [4.78, 5) is 20.5. The molecule has 10 nitrogen and oxygen atoms in total. The van der Waals surface area contributed by atoms with Crippen LogP contribution in [0.2, 0.25) is 0 Å². The molecule has 0 radical (unpaired) electrons. The molecule has 0 bridgehead atoms. The molecule has 0 aliphatic carbocycles. The highest BCUT2D eigenvalue weighted by molar-refractivity contribution is 8.08. The first kappa shape index (κ1) is 17.8. The lowest BCUT2D eigenvalue weighted by molar-refractivity contribution is -0.136. The first-order chi connectivity index (χ1) is 8.33. The van der Waals surface area contributed by atoms with E-state index in [1.165, 1.54) is 0 Å². The Morgan fingerprint density at radius 2 is 1.16 bits per heavy atom. The Labute approximate surface area is 109 Å².